The molecule has 1 aromatic rings. The van der Waals surface area contributed by atoms with Crippen LogP contribution < -0.4 is 5.73 Å². The highest BCUT2D eigenvalue weighted by atomic mass is 16.5. The molecule has 17 heavy (non-hydrogen) atoms. The number of carbonyl (C=O) groups excluding carboxylic acids is 1. The van der Waals surface area contributed by atoms with Crippen LogP contribution in [0.15, 0.2) is 6.33 Å². The molecule has 1 aliphatic carbocycles. The third-order valence-electron chi connectivity index (χ3n) is 3.86. The van der Waals surface area contributed by atoms with Crippen molar-refractivity contribution in [3.63, 3.8) is 0 Å². The van der Waals surface area contributed by atoms with E-state index in [1.54, 1.807) is 6.33 Å². The zero-order valence-corrected chi connectivity index (χ0v) is 10.6. The van der Waals surface area contributed by atoms with Gasteiger partial charge in [-0.15, -0.1) is 0 Å². The highest BCUT2D eigenvalue weighted by Gasteiger charge is 2.45. The van der Waals surface area contributed by atoms with Crippen molar-refractivity contribution in [1.82, 2.24) is 9.55 Å². The largest absolute Gasteiger partial charge is 0.464 e. The molecule has 0 radical (unpaired) electrons. The Hall–Kier alpha value is -1.52. The molecule has 1 aliphatic rings. The topological polar surface area (TPSA) is 70.1 Å². The standard InChI is InChI=1S/C12H19N3O2/c1-8(2)12(4-5-12)6-15-7-14-9(10(15)13)11(16)17-3/h7-8H,4-6,13H2,1-3H3. The van der Waals surface area contributed by atoms with Crippen molar-refractivity contribution in [2.75, 3.05) is 12.8 Å². The average Bonchev–Trinajstić information content (AvgIpc) is 3.00. The number of hydrogen-bond acceptors (Lipinski definition) is 4. The second kappa shape index (κ2) is 4.05. The van der Waals surface area contributed by atoms with Gasteiger partial charge in [0.1, 0.15) is 5.82 Å². The van der Waals surface area contributed by atoms with E-state index in [9.17, 15) is 4.79 Å². The molecule has 94 valence electrons. The summed E-state index contributed by atoms with van der Waals surface area (Å²) >= 11 is 0. The van der Waals surface area contributed by atoms with Crippen LogP contribution in [-0.4, -0.2) is 22.6 Å². The van der Waals surface area contributed by atoms with E-state index in [1.165, 1.54) is 20.0 Å². The Bertz CT molecular complexity index is 433. The molecule has 0 atom stereocenters. The number of anilines is 1. The average molecular weight is 237 g/mol. The molecule has 0 bridgehead atoms. The first-order valence-electron chi connectivity index (χ1n) is 5.89. The Labute approximate surface area is 101 Å². The zero-order chi connectivity index (χ0) is 12.6. The minimum absolute atomic E-state index is 0.215. The molecule has 1 heterocycles. The molecule has 1 fully saturated rings. The van der Waals surface area contributed by atoms with Crippen molar-refractivity contribution in [3.8, 4) is 0 Å². The van der Waals surface area contributed by atoms with E-state index in [0.29, 0.717) is 17.2 Å². The maximum absolute atomic E-state index is 11.4. The van der Waals surface area contributed by atoms with Gasteiger partial charge in [0, 0.05) is 6.54 Å². The third kappa shape index (κ3) is 2.01. The quantitative estimate of drug-likeness (QED) is 0.809. The van der Waals surface area contributed by atoms with E-state index < -0.39 is 5.97 Å². The van der Waals surface area contributed by atoms with E-state index in [4.69, 9.17) is 5.73 Å². The first-order valence-corrected chi connectivity index (χ1v) is 5.89. The number of aromatic nitrogens is 2. The Kier molecular flexibility index (Phi) is 2.85. The first-order chi connectivity index (χ1) is 8.00. The Balaban J connectivity index is 2.18. The molecule has 0 aromatic carbocycles. The van der Waals surface area contributed by atoms with E-state index in [-0.39, 0.29) is 5.69 Å². The molecule has 0 saturated heterocycles. The van der Waals surface area contributed by atoms with Crippen molar-refractivity contribution in [2.24, 2.45) is 11.3 Å². The maximum atomic E-state index is 11.4. The van der Waals surface area contributed by atoms with Gasteiger partial charge in [-0.3, -0.25) is 0 Å². The Morgan fingerprint density at radius 2 is 2.29 bits per heavy atom. The summed E-state index contributed by atoms with van der Waals surface area (Å²) in [6.07, 6.45) is 4.07. The number of rotatable bonds is 4. The summed E-state index contributed by atoms with van der Waals surface area (Å²) in [5.74, 6) is 0.547. The van der Waals surface area contributed by atoms with Gasteiger partial charge >= 0.3 is 5.97 Å². The number of esters is 1. The number of ether oxygens (including phenoxy) is 1. The van der Waals surface area contributed by atoms with Crippen molar-refractivity contribution >= 4 is 11.8 Å². The summed E-state index contributed by atoms with van der Waals surface area (Å²) in [5.41, 5.74) is 6.46. The van der Waals surface area contributed by atoms with Crippen LogP contribution in [0.25, 0.3) is 0 Å². The normalized spacial score (nSPS) is 17.2. The fourth-order valence-electron chi connectivity index (χ4n) is 2.19. The molecule has 0 aliphatic heterocycles. The lowest BCUT2D eigenvalue weighted by atomic mass is 9.92. The second-order valence-corrected chi connectivity index (χ2v) is 5.11. The minimum atomic E-state index is -0.476. The van der Waals surface area contributed by atoms with E-state index in [0.717, 1.165) is 6.54 Å². The van der Waals surface area contributed by atoms with Gasteiger partial charge in [0.15, 0.2) is 5.69 Å². The molecular formula is C12H19N3O2. The number of nitrogens with zero attached hydrogens (tertiary/aromatic N) is 2. The van der Waals surface area contributed by atoms with E-state index >= 15 is 0 Å². The number of imidazole rings is 1. The van der Waals surface area contributed by atoms with Crippen molar-refractivity contribution < 1.29 is 9.53 Å². The van der Waals surface area contributed by atoms with Gasteiger partial charge in [-0.2, -0.15) is 0 Å². The molecule has 2 N–H and O–H groups in total. The van der Waals surface area contributed by atoms with Crippen molar-refractivity contribution in [2.45, 2.75) is 33.2 Å². The van der Waals surface area contributed by atoms with Crippen LogP contribution in [0.1, 0.15) is 37.2 Å². The highest BCUT2D eigenvalue weighted by molar-refractivity contribution is 5.92. The summed E-state index contributed by atoms with van der Waals surface area (Å²) in [5, 5.41) is 0. The molecule has 2 rings (SSSR count). The van der Waals surface area contributed by atoms with Crippen LogP contribution in [0.3, 0.4) is 0 Å². The van der Waals surface area contributed by atoms with Crippen LogP contribution in [0, 0.1) is 11.3 Å². The summed E-state index contributed by atoms with van der Waals surface area (Å²) in [7, 11) is 1.33. The molecule has 5 nitrogen and oxygen atoms in total. The monoisotopic (exact) mass is 237 g/mol. The fraction of sp³-hybridized carbons (Fsp3) is 0.667. The fourth-order valence-corrected chi connectivity index (χ4v) is 2.19. The third-order valence-corrected chi connectivity index (χ3v) is 3.86. The number of nitrogen functional groups attached to an aromatic ring is 1. The number of hydrogen-bond donors (Lipinski definition) is 1. The van der Waals surface area contributed by atoms with Gasteiger partial charge < -0.3 is 15.0 Å². The molecule has 0 amide bonds. The van der Waals surface area contributed by atoms with Crippen LogP contribution in [-0.2, 0) is 11.3 Å². The van der Waals surface area contributed by atoms with Crippen LogP contribution in [0.2, 0.25) is 0 Å². The summed E-state index contributed by atoms with van der Waals surface area (Å²) in [6, 6.07) is 0. The second-order valence-electron chi connectivity index (χ2n) is 5.11. The Morgan fingerprint density at radius 3 is 2.76 bits per heavy atom. The summed E-state index contributed by atoms with van der Waals surface area (Å²) < 4.78 is 6.49. The van der Waals surface area contributed by atoms with Gasteiger partial charge in [-0.1, -0.05) is 13.8 Å². The Morgan fingerprint density at radius 1 is 1.65 bits per heavy atom. The van der Waals surface area contributed by atoms with Gasteiger partial charge in [-0.25, -0.2) is 9.78 Å². The van der Waals surface area contributed by atoms with Crippen molar-refractivity contribution in [1.29, 1.82) is 0 Å². The van der Waals surface area contributed by atoms with Gasteiger partial charge in [0.05, 0.1) is 13.4 Å². The summed E-state index contributed by atoms with van der Waals surface area (Å²) in [6.45, 7) is 5.28. The molecule has 1 saturated carbocycles. The van der Waals surface area contributed by atoms with Crippen LogP contribution in [0.4, 0.5) is 5.82 Å². The number of nitrogens with two attached hydrogens (primary N) is 1. The predicted octanol–water partition coefficient (Wildman–Crippen LogP) is 1.69. The lowest BCUT2D eigenvalue weighted by Crippen LogP contribution is -2.19. The first kappa shape index (κ1) is 12.0. The number of carbonyl (C=O) groups is 1. The highest BCUT2D eigenvalue weighted by Crippen LogP contribution is 2.53. The van der Waals surface area contributed by atoms with E-state index in [1.807, 2.05) is 4.57 Å². The molecule has 0 unspecified atom stereocenters. The van der Waals surface area contributed by atoms with Gasteiger partial charge in [-0.05, 0) is 24.2 Å². The van der Waals surface area contributed by atoms with Crippen molar-refractivity contribution in [3.05, 3.63) is 12.0 Å². The minimum Gasteiger partial charge on any atom is -0.464 e. The lowest BCUT2D eigenvalue weighted by Gasteiger charge is -2.20. The van der Waals surface area contributed by atoms with Crippen LogP contribution in [0.5, 0.6) is 0 Å². The predicted molar refractivity (Wildman–Crippen MR) is 64.5 cm³/mol. The van der Waals surface area contributed by atoms with E-state index in [2.05, 4.69) is 23.6 Å². The zero-order valence-electron chi connectivity index (χ0n) is 10.6. The maximum Gasteiger partial charge on any atom is 0.360 e. The van der Waals surface area contributed by atoms with Crippen LogP contribution >= 0.6 is 0 Å². The SMILES string of the molecule is COC(=O)c1ncn(CC2(C(C)C)CC2)c1N. The lowest BCUT2D eigenvalue weighted by molar-refractivity contribution is 0.0596. The smallest absolute Gasteiger partial charge is 0.360 e. The molecular weight excluding hydrogens is 218 g/mol. The molecule has 0 spiro atoms. The molecule has 1 aromatic heterocycles. The summed E-state index contributed by atoms with van der Waals surface area (Å²) in [4.78, 5) is 15.4. The van der Waals surface area contributed by atoms with Gasteiger partial charge in [0.25, 0.3) is 0 Å². The number of methoxy groups -OCH3 is 1. The van der Waals surface area contributed by atoms with Gasteiger partial charge in [0.2, 0.25) is 0 Å². The molecule has 5 heteroatoms.